The van der Waals surface area contributed by atoms with Gasteiger partial charge in [-0.2, -0.15) is 0 Å². The van der Waals surface area contributed by atoms with E-state index in [1.54, 1.807) is 13.2 Å². The molecule has 2 heterocycles. The van der Waals surface area contributed by atoms with Crippen LogP contribution in [0, 0.1) is 0 Å². The summed E-state index contributed by atoms with van der Waals surface area (Å²) in [4.78, 5) is 17.1. The summed E-state index contributed by atoms with van der Waals surface area (Å²) in [6.45, 7) is 1.10. The van der Waals surface area contributed by atoms with Crippen LogP contribution in [0.5, 0.6) is 5.88 Å². The Morgan fingerprint density at radius 3 is 2.96 bits per heavy atom. The number of fused-ring (bicyclic) bond motifs is 1. The van der Waals surface area contributed by atoms with E-state index in [1.807, 2.05) is 24.3 Å². The maximum atomic E-state index is 12.8. The third-order valence-electron chi connectivity index (χ3n) is 4.06. The molecule has 1 aromatic heterocycles. The van der Waals surface area contributed by atoms with Gasteiger partial charge in [0.2, 0.25) is 5.88 Å². The number of benzene rings is 1. The third kappa shape index (κ3) is 3.28. The topological polar surface area (TPSA) is 69.7 Å². The number of nitrogens with one attached hydrogen (secondary N) is 1. The Hall–Kier alpha value is -2.18. The van der Waals surface area contributed by atoms with E-state index in [0.29, 0.717) is 24.7 Å². The van der Waals surface area contributed by atoms with Gasteiger partial charge in [-0.25, -0.2) is 4.98 Å². The minimum absolute atomic E-state index is 0.0392. The van der Waals surface area contributed by atoms with Gasteiger partial charge in [0.05, 0.1) is 36.9 Å². The van der Waals surface area contributed by atoms with E-state index < -0.39 is 0 Å². The smallest absolute Gasteiger partial charge is 0.252 e. The largest absolute Gasteiger partial charge is 0.481 e. The monoisotopic (exact) mass is 316 g/mol. The molecule has 1 aromatic carbocycles. The molecule has 0 spiro atoms. The molecule has 0 radical (unpaired) electrons. The standard InChI is InChI=1S/C17H20N2O4/c1-21-15-7-8-23-10-14(15)19-17(20)12-9-16(22-2)18-13-6-4-3-5-11(12)13/h3-6,9,14-15H,7-8,10H2,1-2H3,(H,19,20)/t14-,15-/m1/s1. The first kappa shape index (κ1) is 15.7. The third-order valence-corrected chi connectivity index (χ3v) is 4.06. The second kappa shape index (κ2) is 6.93. The number of nitrogens with zero attached hydrogens (tertiary/aromatic N) is 1. The first-order valence-electron chi connectivity index (χ1n) is 7.58. The summed E-state index contributed by atoms with van der Waals surface area (Å²) in [6.07, 6.45) is 0.727. The molecular weight excluding hydrogens is 296 g/mol. The summed E-state index contributed by atoms with van der Waals surface area (Å²) in [5.41, 5.74) is 1.26. The lowest BCUT2D eigenvalue weighted by Crippen LogP contribution is -2.50. The SMILES string of the molecule is COc1cc(C(=O)N[C@@H]2COCC[C@H]2OC)c2ccccc2n1. The average Bonchev–Trinajstić information content (AvgIpc) is 2.61. The fraction of sp³-hybridized carbons (Fsp3) is 0.412. The van der Waals surface area contributed by atoms with Crippen LogP contribution < -0.4 is 10.1 Å². The molecule has 1 aliphatic heterocycles. The van der Waals surface area contributed by atoms with Crippen LogP contribution in [0.2, 0.25) is 0 Å². The van der Waals surface area contributed by atoms with E-state index in [4.69, 9.17) is 14.2 Å². The lowest BCUT2D eigenvalue weighted by molar-refractivity contribution is -0.0349. The maximum absolute atomic E-state index is 12.8. The first-order valence-corrected chi connectivity index (χ1v) is 7.58. The van der Waals surface area contributed by atoms with Crippen LogP contribution in [-0.2, 0) is 9.47 Å². The summed E-state index contributed by atoms with van der Waals surface area (Å²) in [5.74, 6) is 0.233. The number of carbonyl (C=O) groups is 1. The minimum atomic E-state index is -0.181. The highest BCUT2D eigenvalue weighted by Gasteiger charge is 2.28. The Morgan fingerprint density at radius 2 is 2.17 bits per heavy atom. The van der Waals surface area contributed by atoms with Gasteiger partial charge in [0.1, 0.15) is 0 Å². The molecule has 2 aromatic rings. The highest BCUT2D eigenvalue weighted by atomic mass is 16.5. The lowest BCUT2D eigenvalue weighted by atomic mass is 10.0. The van der Waals surface area contributed by atoms with Gasteiger partial charge in [0.15, 0.2) is 0 Å². The fourth-order valence-corrected chi connectivity index (χ4v) is 2.82. The normalized spacial score (nSPS) is 21.1. The van der Waals surface area contributed by atoms with Crippen LogP contribution in [0.15, 0.2) is 30.3 Å². The quantitative estimate of drug-likeness (QED) is 0.931. The fourth-order valence-electron chi connectivity index (χ4n) is 2.82. The maximum Gasteiger partial charge on any atom is 0.252 e. The molecule has 6 nitrogen and oxygen atoms in total. The van der Waals surface area contributed by atoms with Gasteiger partial charge in [-0.15, -0.1) is 0 Å². The Balaban J connectivity index is 1.90. The molecule has 1 amide bonds. The molecule has 1 N–H and O–H groups in total. The number of carbonyl (C=O) groups excluding carboxylic acids is 1. The molecule has 122 valence electrons. The highest BCUT2D eigenvalue weighted by molar-refractivity contribution is 6.06. The van der Waals surface area contributed by atoms with E-state index >= 15 is 0 Å². The van der Waals surface area contributed by atoms with Crippen molar-refractivity contribution in [3.63, 3.8) is 0 Å². The number of methoxy groups -OCH3 is 2. The molecule has 0 aliphatic carbocycles. The van der Waals surface area contributed by atoms with Gasteiger partial charge in [-0.05, 0) is 12.5 Å². The number of hydrogen-bond acceptors (Lipinski definition) is 5. The Morgan fingerprint density at radius 1 is 1.35 bits per heavy atom. The van der Waals surface area contributed by atoms with Crippen LogP contribution in [0.3, 0.4) is 0 Å². The average molecular weight is 316 g/mol. The molecule has 0 bridgehead atoms. The molecule has 6 heteroatoms. The summed E-state index contributed by atoms with van der Waals surface area (Å²) in [6, 6.07) is 8.99. The number of amides is 1. The first-order chi connectivity index (χ1) is 11.2. The van der Waals surface area contributed by atoms with Crippen LogP contribution in [0.25, 0.3) is 10.9 Å². The molecule has 3 rings (SSSR count). The van der Waals surface area contributed by atoms with E-state index in [9.17, 15) is 4.79 Å². The van der Waals surface area contributed by atoms with Crippen LogP contribution >= 0.6 is 0 Å². The molecular formula is C17H20N2O4. The van der Waals surface area contributed by atoms with E-state index in [-0.39, 0.29) is 18.1 Å². The Labute approximate surface area is 134 Å². The van der Waals surface area contributed by atoms with E-state index in [0.717, 1.165) is 17.3 Å². The van der Waals surface area contributed by atoms with Crippen molar-refractivity contribution >= 4 is 16.8 Å². The number of pyridine rings is 1. The summed E-state index contributed by atoms with van der Waals surface area (Å²) >= 11 is 0. The van der Waals surface area contributed by atoms with Gasteiger partial charge in [-0.3, -0.25) is 4.79 Å². The van der Waals surface area contributed by atoms with Crippen LogP contribution in [0.4, 0.5) is 0 Å². The number of para-hydroxylation sites is 1. The van der Waals surface area contributed by atoms with E-state index in [2.05, 4.69) is 10.3 Å². The second-order valence-corrected chi connectivity index (χ2v) is 5.45. The zero-order valence-electron chi connectivity index (χ0n) is 13.2. The molecule has 1 aliphatic rings. The van der Waals surface area contributed by atoms with Gasteiger partial charge in [0.25, 0.3) is 5.91 Å². The summed E-state index contributed by atoms with van der Waals surface area (Å²) in [7, 11) is 3.19. The Bertz CT molecular complexity index is 704. The van der Waals surface area contributed by atoms with Crippen molar-refractivity contribution in [3.05, 3.63) is 35.9 Å². The van der Waals surface area contributed by atoms with Gasteiger partial charge < -0.3 is 19.5 Å². The second-order valence-electron chi connectivity index (χ2n) is 5.45. The molecule has 2 atom stereocenters. The molecule has 23 heavy (non-hydrogen) atoms. The zero-order valence-corrected chi connectivity index (χ0v) is 13.2. The van der Waals surface area contributed by atoms with Gasteiger partial charge in [-0.1, -0.05) is 18.2 Å². The summed E-state index contributed by atoms with van der Waals surface area (Å²) in [5, 5.41) is 3.80. The van der Waals surface area contributed by atoms with Gasteiger partial charge >= 0.3 is 0 Å². The van der Waals surface area contributed by atoms with Crippen molar-refractivity contribution in [2.75, 3.05) is 27.4 Å². The number of hydrogen-bond donors (Lipinski definition) is 1. The number of aromatic nitrogens is 1. The minimum Gasteiger partial charge on any atom is -0.481 e. The predicted octanol–water partition coefficient (Wildman–Crippen LogP) is 1.78. The number of rotatable bonds is 4. The van der Waals surface area contributed by atoms with Gasteiger partial charge in [0, 0.05) is 25.2 Å². The lowest BCUT2D eigenvalue weighted by Gasteiger charge is -2.31. The van der Waals surface area contributed by atoms with E-state index in [1.165, 1.54) is 7.11 Å². The van der Waals surface area contributed by atoms with Crippen molar-refractivity contribution < 1.29 is 19.0 Å². The highest BCUT2D eigenvalue weighted by Crippen LogP contribution is 2.22. The molecule has 1 fully saturated rings. The van der Waals surface area contributed by atoms with Crippen molar-refractivity contribution in [1.29, 1.82) is 0 Å². The zero-order chi connectivity index (χ0) is 16.2. The van der Waals surface area contributed by atoms with Crippen molar-refractivity contribution in [2.45, 2.75) is 18.6 Å². The summed E-state index contributed by atoms with van der Waals surface area (Å²) < 4.78 is 16.1. The Kier molecular flexibility index (Phi) is 4.73. The van der Waals surface area contributed by atoms with Crippen molar-refractivity contribution in [1.82, 2.24) is 10.3 Å². The number of ether oxygens (including phenoxy) is 3. The van der Waals surface area contributed by atoms with Crippen LogP contribution in [-0.4, -0.2) is 50.5 Å². The molecule has 0 unspecified atom stereocenters. The molecule has 1 saturated heterocycles. The van der Waals surface area contributed by atoms with Crippen molar-refractivity contribution in [3.8, 4) is 5.88 Å². The predicted molar refractivity (Wildman–Crippen MR) is 85.8 cm³/mol. The van der Waals surface area contributed by atoms with Crippen molar-refractivity contribution in [2.24, 2.45) is 0 Å². The van der Waals surface area contributed by atoms with Crippen LogP contribution in [0.1, 0.15) is 16.8 Å². The molecule has 0 saturated carbocycles.